The highest BCUT2D eigenvalue weighted by atomic mass is 19.3. The number of carboxylic acid groups (broad SMARTS) is 1. The number of amides is 1. The first kappa shape index (κ1) is 36.4. The minimum atomic E-state index is -2.66. The van der Waals surface area contributed by atoms with Crippen molar-refractivity contribution in [3.63, 3.8) is 0 Å². The maximum absolute atomic E-state index is 14.6. The number of ether oxygens (including phenoxy) is 1. The van der Waals surface area contributed by atoms with Crippen LogP contribution in [0, 0.1) is 0 Å². The first-order chi connectivity index (χ1) is 25.5. The number of hydrogen-bond donors (Lipinski definition) is 3. The Morgan fingerprint density at radius 2 is 1.75 bits per heavy atom. The van der Waals surface area contributed by atoms with E-state index < -0.39 is 12.4 Å². The molecule has 15 heteroatoms. The first-order valence-corrected chi connectivity index (χ1v) is 18.6. The number of aromatic nitrogens is 4. The number of nitrogens with two attached hydrogens (primary N) is 2. The summed E-state index contributed by atoms with van der Waals surface area (Å²) in [7, 11) is 1.78. The summed E-state index contributed by atoms with van der Waals surface area (Å²) in [6.45, 7) is 5.21. The summed E-state index contributed by atoms with van der Waals surface area (Å²) in [4.78, 5) is 30.0. The fraction of sp³-hybridized carbons (Fsp3) is 0.526. The van der Waals surface area contributed by atoms with Crippen molar-refractivity contribution in [2.75, 3.05) is 31.1 Å². The standard InChI is InChI=1S/C38H49F2N9O4/c1-23(50)47-17-13-33-31(22-47)37(48-14-3-4-24-18-29(25-20-43-45(2)21-25)30(36(39)40)19-34(24)48)44-49(33)27-11-15-46(16-12-27)26-5-7-28(8-6-26)53-35(42)10-9-32(41)38(51)52/h9-10,18-21,26-28,36H,3-8,11-17,22,41-42H2,1-2H3,(H,51,52)/b32-9-,35-10+. The van der Waals surface area contributed by atoms with Gasteiger partial charge in [-0.3, -0.25) is 14.2 Å². The van der Waals surface area contributed by atoms with E-state index in [4.69, 9.17) is 26.4 Å². The van der Waals surface area contributed by atoms with Gasteiger partial charge in [-0.15, -0.1) is 0 Å². The van der Waals surface area contributed by atoms with Gasteiger partial charge in [0.15, 0.2) is 11.7 Å². The van der Waals surface area contributed by atoms with Crippen LogP contribution in [-0.2, 0) is 40.8 Å². The number of alkyl halides is 2. The van der Waals surface area contributed by atoms with Gasteiger partial charge in [0.25, 0.3) is 6.43 Å². The molecule has 0 atom stereocenters. The number of carbonyl (C=O) groups excluding carboxylic acids is 1. The number of aliphatic carboxylic acids is 1. The van der Waals surface area contributed by atoms with Gasteiger partial charge in [0.1, 0.15) is 11.8 Å². The normalized spacial score (nSPS) is 21.8. The van der Waals surface area contributed by atoms with E-state index in [1.807, 2.05) is 11.0 Å². The van der Waals surface area contributed by atoms with Gasteiger partial charge in [0.05, 0.1) is 18.8 Å². The molecule has 4 aliphatic rings. The third kappa shape index (κ3) is 7.62. The van der Waals surface area contributed by atoms with E-state index in [2.05, 4.69) is 19.6 Å². The maximum atomic E-state index is 14.6. The molecule has 7 rings (SSSR count). The highest BCUT2D eigenvalue weighted by molar-refractivity contribution is 5.85. The number of halogens is 2. The van der Waals surface area contributed by atoms with Crippen molar-refractivity contribution in [1.82, 2.24) is 29.4 Å². The molecule has 1 amide bonds. The van der Waals surface area contributed by atoms with Gasteiger partial charge >= 0.3 is 5.97 Å². The van der Waals surface area contributed by atoms with Crippen LogP contribution in [0.15, 0.2) is 48.3 Å². The monoisotopic (exact) mass is 733 g/mol. The zero-order chi connectivity index (χ0) is 37.4. The van der Waals surface area contributed by atoms with Crippen LogP contribution >= 0.6 is 0 Å². The van der Waals surface area contributed by atoms with Crippen LogP contribution in [0.3, 0.4) is 0 Å². The molecule has 5 heterocycles. The molecular formula is C38H49F2N9O4. The smallest absolute Gasteiger partial charge is 0.351 e. The summed E-state index contributed by atoms with van der Waals surface area (Å²) >= 11 is 0. The molecule has 0 unspecified atom stereocenters. The van der Waals surface area contributed by atoms with Gasteiger partial charge < -0.3 is 36.0 Å². The number of aryl methyl sites for hydroxylation is 2. The topological polar surface area (TPSA) is 161 Å². The molecule has 2 fully saturated rings. The Balaban J connectivity index is 1.08. The van der Waals surface area contributed by atoms with Crippen LogP contribution < -0.4 is 16.4 Å². The lowest BCUT2D eigenvalue weighted by Gasteiger charge is -2.41. The summed E-state index contributed by atoms with van der Waals surface area (Å²) in [6, 6.07) is 4.19. The van der Waals surface area contributed by atoms with Gasteiger partial charge in [-0.1, -0.05) is 0 Å². The molecule has 0 spiro atoms. The number of rotatable bonds is 9. The van der Waals surface area contributed by atoms with E-state index in [9.17, 15) is 18.4 Å². The van der Waals surface area contributed by atoms with Crippen LogP contribution in [0.25, 0.3) is 11.1 Å². The third-order valence-electron chi connectivity index (χ3n) is 11.4. The predicted molar refractivity (Wildman–Crippen MR) is 195 cm³/mol. The maximum Gasteiger partial charge on any atom is 0.351 e. The molecule has 2 aromatic heterocycles. The molecule has 1 aliphatic carbocycles. The van der Waals surface area contributed by atoms with Crippen LogP contribution in [0.5, 0.6) is 0 Å². The number of carboxylic acids is 1. The van der Waals surface area contributed by atoms with Gasteiger partial charge in [0.2, 0.25) is 5.91 Å². The Labute approximate surface area is 307 Å². The molecule has 284 valence electrons. The quantitative estimate of drug-likeness (QED) is 0.157. The molecule has 0 radical (unpaired) electrons. The third-order valence-corrected chi connectivity index (χ3v) is 11.4. The molecule has 1 saturated heterocycles. The van der Waals surface area contributed by atoms with Crippen molar-refractivity contribution in [2.24, 2.45) is 18.5 Å². The van der Waals surface area contributed by atoms with E-state index in [0.29, 0.717) is 43.2 Å². The molecule has 53 heavy (non-hydrogen) atoms. The molecule has 3 aliphatic heterocycles. The van der Waals surface area contributed by atoms with Crippen molar-refractivity contribution in [3.8, 4) is 11.1 Å². The second-order valence-corrected chi connectivity index (χ2v) is 14.7. The molecule has 5 N–H and O–H groups in total. The summed E-state index contributed by atoms with van der Waals surface area (Å²) in [5.41, 5.74) is 16.2. The number of piperidine rings is 1. The SMILES string of the molecule is CC(=O)N1CCc2c(c(N3CCCc4cc(-c5cnn(C)c5)c(C(F)F)cc43)nn2C2CCN(C3CCC(O/C(N)=C/C=C(\N)C(=O)O)CC3)CC2)C1. The number of nitrogens with zero attached hydrogens (tertiary/aromatic N) is 7. The fourth-order valence-electron chi connectivity index (χ4n) is 8.57. The van der Waals surface area contributed by atoms with Gasteiger partial charge in [-0.05, 0) is 86.8 Å². The Kier molecular flexibility index (Phi) is 10.5. The number of anilines is 2. The fourth-order valence-corrected chi connectivity index (χ4v) is 8.57. The van der Waals surface area contributed by atoms with Crippen LogP contribution in [0.2, 0.25) is 0 Å². The molecule has 1 saturated carbocycles. The Morgan fingerprint density at radius 3 is 2.42 bits per heavy atom. The summed E-state index contributed by atoms with van der Waals surface area (Å²) in [6.07, 6.45) is 11.2. The molecular weight excluding hydrogens is 684 g/mol. The van der Waals surface area contributed by atoms with Crippen molar-refractivity contribution in [3.05, 3.63) is 70.6 Å². The largest absolute Gasteiger partial charge is 0.477 e. The Morgan fingerprint density at radius 1 is 1.00 bits per heavy atom. The number of likely N-dealkylation sites (tertiary alicyclic amines) is 1. The molecule has 3 aromatic rings. The second-order valence-electron chi connectivity index (χ2n) is 14.7. The number of benzene rings is 1. The van der Waals surface area contributed by atoms with Crippen molar-refractivity contribution in [2.45, 2.75) is 95.9 Å². The van der Waals surface area contributed by atoms with Crippen LogP contribution in [-0.4, -0.2) is 84.7 Å². The molecule has 13 nitrogen and oxygen atoms in total. The van der Waals surface area contributed by atoms with Crippen molar-refractivity contribution >= 4 is 23.4 Å². The number of carbonyl (C=O) groups is 2. The predicted octanol–water partition coefficient (Wildman–Crippen LogP) is 4.90. The van der Waals surface area contributed by atoms with Gasteiger partial charge in [-0.2, -0.15) is 10.2 Å². The number of allylic oxidation sites excluding steroid dienone is 2. The van der Waals surface area contributed by atoms with Gasteiger partial charge in [0, 0.05) is 86.9 Å². The minimum absolute atomic E-state index is 0.0151. The first-order valence-electron chi connectivity index (χ1n) is 18.6. The van der Waals surface area contributed by atoms with E-state index in [1.54, 1.807) is 37.1 Å². The minimum Gasteiger partial charge on any atom is -0.477 e. The zero-order valence-electron chi connectivity index (χ0n) is 30.4. The van der Waals surface area contributed by atoms with E-state index in [0.717, 1.165) is 92.8 Å². The second kappa shape index (κ2) is 15.2. The highest BCUT2D eigenvalue weighted by Crippen LogP contribution is 2.44. The lowest BCUT2D eigenvalue weighted by molar-refractivity contribution is -0.132. The van der Waals surface area contributed by atoms with Crippen molar-refractivity contribution < 1.29 is 28.2 Å². The van der Waals surface area contributed by atoms with Crippen LogP contribution in [0.1, 0.15) is 86.7 Å². The lowest BCUT2D eigenvalue weighted by atomic mass is 9.90. The lowest BCUT2D eigenvalue weighted by Crippen LogP contribution is -2.44. The van der Waals surface area contributed by atoms with Gasteiger partial charge in [-0.25, -0.2) is 13.6 Å². The number of fused-ring (bicyclic) bond motifs is 2. The Bertz CT molecular complexity index is 1900. The molecule has 0 bridgehead atoms. The van der Waals surface area contributed by atoms with E-state index in [-0.39, 0.29) is 35.2 Å². The average Bonchev–Trinajstić information content (AvgIpc) is 3.76. The van der Waals surface area contributed by atoms with E-state index in [1.165, 1.54) is 12.2 Å². The van der Waals surface area contributed by atoms with Crippen LogP contribution in [0.4, 0.5) is 20.3 Å². The number of hydrogen-bond acceptors (Lipinski definition) is 9. The summed E-state index contributed by atoms with van der Waals surface area (Å²) in [5.74, 6) is -0.262. The Hall–Kier alpha value is -4.92. The summed E-state index contributed by atoms with van der Waals surface area (Å²) in [5, 5.41) is 18.5. The summed E-state index contributed by atoms with van der Waals surface area (Å²) < 4.78 is 39.0. The highest BCUT2D eigenvalue weighted by Gasteiger charge is 2.36. The average molecular weight is 734 g/mol. The molecule has 1 aromatic carbocycles. The van der Waals surface area contributed by atoms with Crippen molar-refractivity contribution in [1.29, 1.82) is 0 Å². The zero-order valence-corrected chi connectivity index (χ0v) is 30.4. The van der Waals surface area contributed by atoms with E-state index >= 15 is 0 Å².